The second kappa shape index (κ2) is 5.83. The third-order valence-corrected chi connectivity index (χ3v) is 3.69. The number of hydrogen-bond donors (Lipinski definition) is 0. The molecular formula is C19H12O6. The number of benzene rings is 1. The fourth-order valence-electron chi connectivity index (χ4n) is 2.59. The van der Waals surface area contributed by atoms with Crippen molar-refractivity contribution in [2.75, 3.05) is 0 Å². The first-order valence-corrected chi connectivity index (χ1v) is 7.50. The van der Waals surface area contributed by atoms with Crippen LogP contribution in [0.3, 0.4) is 0 Å². The van der Waals surface area contributed by atoms with E-state index < -0.39 is 5.97 Å². The number of carbonyl (C=O) groups excluding carboxylic acids is 2. The smallest absolute Gasteiger partial charge is 0.379 e. The Morgan fingerprint density at radius 2 is 1.92 bits per heavy atom. The number of ketones is 1. The fraction of sp³-hybridized carbons (Fsp3) is 0.0526. The molecule has 0 aliphatic carbocycles. The molecule has 0 N–H and O–H groups in total. The molecule has 2 aromatic heterocycles. The molecule has 3 heterocycles. The maximum absolute atomic E-state index is 12.5. The van der Waals surface area contributed by atoms with Crippen LogP contribution in [-0.2, 0) is 0 Å². The van der Waals surface area contributed by atoms with E-state index in [1.807, 2.05) is 0 Å². The fourth-order valence-corrected chi connectivity index (χ4v) is 2.59. The number of hydrogen-bond acceptors (Lipinski definition) is 6. The van der Waals surface area contributed by atoms with Gasteiger partial charge in [-0.1, -0.05) is 0 Å². The van der Waals surface area contributed by atoms with E-state index in [2.05, 4.69) is 0 Å². The van der Waals surface area contributed by atoms with Crippen molar-refractivity contribution in [2.45, 2.75) is 6.92 Å². The topological polar surface area (TPSA) is 78.9 Å². The highest BCUT2D eigenvalue weighted by atomic mass is 16.5. The highest BCUT2D eigenvalue weighted by Crippen LogP contribution is 2.37. The molecule has 1 aliphatic rings. The van der Waals surface area contributed by atoms with Crippen LogP contribution in [-0.4, -0.2) is 11.8 Å². The van der Waals surface area contributed by atoms with Gasteiger partial charge in [0.25, 0.3) is 0 Å². The molecule has 6 heteroatoms. The molecule has 0 radical (unpaired) electrons. The standard InChI is InChI=1S/C19H12O6/c1-11-8-13(24-19(21)14-5-3-7-23-14)10-15-17(11)18(20)16(25-15)9-12-4-2-6-22-12/h2-10H,1H3/b16-9-. The zero-order chi connectivity index (χ0) is 17.4. The molecule has 0 unspecified atom stereocenters. The van der Waals surface area contributed by atoms with Crippen molar-refractivity contribution in [3.05, 3.63) is 77.3 Å². The maximum atomic E-state index is 12.5. The van der Waals surface area contributed by atoms with Crippen LogP contribution >= 0.6 is 0 Å². The minimum Gasteiger partial charge on any atom is -0.465 e. The normalized spacial score (nSPS) is 14.4. The summed E-state index contributed by atoms with van der Waals surface area (Å²) < 4.78 is 21.1. The van der Waals surface area contributed by atoms with Crippen molar-refractivity contribution in [3.63, 3.8) is 0 Å². The summed E-state index contributed by atoms with van der Waals surface area (Å²) in [7, 11) is 0. The van der Waals surface area contributed by atoms with E-state index in [-0.39, 0.29) is 23.1 Å². The molecule has 1 aromatic carbocycles. The van der Waals surface area contributed by atoms with Crippen molar-refractivity contribution >= 4 is 17.8 Å². The summed E-state index contributed by atoms with van der Waals surface area (Å²) in [6.07, 6.45) is 4.42. The molecule has 0 saturated carbocycles. The molecule has 0 amide bonds. The molecule has 25 heavy (non-hydrogen) atoms. The summed E-state index contributed by atoms with van der Waals surface area (Å²) in [6.45, 7) is 1.75. The average Bonchev–Trinajstić information content (AvgIpc) is 3.31. The van der Waals surface area contributed by atoms with Crippen LogP contribution in [0.4, 0.5) is 0 Å². The van der Waals surface area contributed by atoms with Gasteiger partial charge in [-0.2, -0.15) is 0 Å². The highest BCUT2D eigenvalue weighted by Gasteiger charge is 2.30. The van der Waals surface area contributed by atoms with Gasteiger partial charge in [0.05, 0.1) is 18.1 Å². The first-order chi connectivity index (χ1) is 12.1. The molecule has 0 atom stereocenters. The van der Waals surface area contributed by atoms with Crippen molar-refractivity contribution in [1.29, 1.82) is 0 Å². The number of Topliss-reactive ketones (excluding diaryl/α,β-unsaturated/α-hetero) is 1. The van der Waals surface area contributed by atoms with Crippen LogP contribution in [0.25, 0.3) is 6.08 Å². The van der Waals surface area contributed by atoms with Gasteiger partial charge in [-0.15, -0.1) is 0 Å². The lowest BCUT2D eigenvalue weighted by atomic mass is 10.0. The van der Waals surface area contributed by atoms with Crippen molar-refractivity contribution < 1.29 is 27.9 Å². The van der Waals surface area contributed by atoms with Gasteiger partial charge in [-0.05, 0) is 42.8 Å². The van der Waals surface area contributed by atoms with Crippen LogP contribution in [0.1, 0.15) is 32.2 Å². The monoisotopic (exact) mass is 336 g/mol. The Bertz CT molecular complexity index is 977. The lowest BCUT2D eigenvalue weighted by molar-refractivity contribution is 0.0701. The number of fused-ring (bicyclic) bond motifs is 1. The van der Waals surface area contributed by atoms with E-state index in [1.165, 1.54) is 30.7 Å². The Morgan fingerprint density at radius 1 is 1.12 bits per heavy atom. The SMILES string of the molecule is Cc1cc(OC(=O)c2ccco2)cc2c1C(=O)/C(=C/c1ccco1)O2. The summed E-state index contributed by atoms with van der Waals surface area (Å²) >= 11 is 0. The van der Waals surface area contributed by atoms with E-state index in [9.17, 15) is 9.59 Å². The van der Waals surface area contributed by atoms with Crippen LogP contribution in [0.2, 0.25) is 0 Å². The second-order valence-corrected chi connectivity index (χ2v) is 5.44. The quantitative estimate of drug-likeness (QED) is 0.408. The third kappa shape index (κ3) is 2.74. The Balaban J connectivity index is 1.63. The molecule has 1 aliphatic heterocycles. The third-order valence-electron chi connectivity index (χ3n) is 3.69. The molecule has 6 nitrogen and oxygen atoms in total. The lowest BCUT2D eigenvalue weighted by Gasteiger charge is -2.06. The van der Waals surface area contributed by atoms with Gasteiger partial charge in [0.15, 0.2) is 5.76 Å². The zero-order valence-electron chi connectivity index (χ0n) is 13.1. The first kappa shape index (κ1) is 15.0. The molecular weight excluding hydrogens is 324 g/mol. The van der Waals surface area contributed by atoms with E-state index in [4.69, 9.17) is 18.3 Å². The summed E-state index contributed by atoms with van der Waals surface area (Å²) in [5.41, 5.74) is 1.09. The Labute approximate surface area is 142 Å². The van der Waals surface area contributed by atoms with E-state index in [0.717, 1.165) is 0 Å². The average molecular weight is 336 g/mol. The summed E-state index contributed by atoms with van der Waals surface area (Å²) in [4.78, 5) is 24.5. The van der Waals surface area contributed by atoms with E-state index in [1.54, 1.807) is 31.2 Å². The number of furan rings is 2. The van der Waals surface area contributed by atoms with Crippen molar-refractivity contribution in [2.24, 2.45) is 0 Å². The van der Waals surface area contributed by atoms with Gasteiger partial charge in [0.1, 0.15) is 17.3 Å². The predicted octanol–water partition coefficient (Wildman–Crippen LogP) is 4.02. The van der Waals surface area contributed by atoms with Gasteiger partial charge in [-0.3, -0.25) is 4.79 Å². The largest absolute Gasteiger partial charge is 0.465 e. The Hall–Kier alpha value is -3.54. The molecule has 0 fully saturated rings. The van der Waals surface area contributed by atoms with Crippen molar-refractivity contribution in [1.82, 2.24) is 0 Å². The van der Waals surface area contributed by atoms with Crippen LogP contribution in [0.15, 0.2) is 63.5 Å². The predicted molar refractivity (Wildman–Crippen MR) is 86.5 cm³/mol. The minimum atomic E-state index is -0.625. The molecule has 124 valence electrons. The molecule has 0 bridgehead atoms. The molecule has 0 spiro atoms. The van der Waals surface area contributed by atoms with E-state index >= 15 is 0 Å². The number of allylic oxidation sites excluding steroid dienone is 1. The highest BCUT2D eigenvalue weighted by molar-refractivity contribution is 6.15. The van der Waals surface area contributed by atoms with Gasteiger partial charge in [0.2, 0.25) is 11.5 Å². The van der Waals surface area contributed by atoms with Gasteiger partial charge >= 0.3 is 5.97 Å². The molecule has 4 rings (SSSR count). The van der Waals surface area contributed by atoms with Gasteiger partial charge in [0, 0.05) is 12.1 Å². The lowest BCUT2D eigenvalue weighted by Crippen LogP contribution is -2.07. The van der Waals surface area contributed by atoms with Crippen LogP contribution in [0, 0.1) is 6.92 Å². The summed E-state index contributed by atoms with van der Waals surface area (Å²) in [6, 6.07) is 9.65. The van der Waals surface area contributed by atoms with Gasteiger partial charge in [-0.25, -0.2) is 4.79 Å². The summed E-state index contributed by atoms with van der Waals surface area (Å²) in [5.74, 6) is 0.497. The maximum Gasteiger partial charge on any atom is 0.379 e. The van der Waals surface area contributed by atoms with E-state index in [0.29, 0.717) is 22.6 Å². The Morgan fingerprint density at radius 3 is 2.64 bits per heavy atom. The van der Waals surface area contributed by atoms with Gasteiger partial charge < -0.3 is 18.3 Å². The number of aryl methyl sites for hydroxylation is 1. The number of carbonyl (C=O) groups is 2. The molecule has 3 aromatic rings. The first-order valence-electron chi connectivity index (χ1n) is 7.50. The second-order valence-electron chi connectivity index (χ2n) is 5.44. The number of esters is 1. The molecule has 0 saturated heterocycles. The van der Waals surface area contributed by atoms with Crippen molar-refractivity contribution in [3.8, 4) is 11.5 Å². The summed E-state index contributed by atoms with van der Waals surface area (Å²) in [5, 5.41) is 0. The Kier molecular flexibility index (Phi) is 3.50. The number of rotatable bonds is 3. The zero-order valence-corrected chi connectivity index (χ0v) is 13.1. The van der Waals surface area contributed by atoms with Crippen LogP contribution in [0.5, 0.6) is 11.5 Å². The van der Waals surface area contributed by atoms with Crippen LogP contribution < -0.4 is 9.47 Å². The number of ether oxygens (including phenoxy) is 2. The minimum absolute atomic E-state index is 0.0913.